The van der Waals surface area contributed by atoms with Crippen LogP contribution < -0.4 is 10.0 Å². The molecule has 1 aromatic rings. The van der Waals surface area contributed by atoms with E-state index >= 15 is 0 Å². The third-order valence-corrected chi connectivity index (χ3v) is 5.56. The second kappa shape index (κ2) is 6.30. The smallest absolute Gasteiger partial charge is 0.242 e. The number of carbonyl (C=O) groups is 1. The molecule has 110 valence electrons. The van der Waals surface area contributed by atoms with Gasteiger partial charge in [-0.15, -0.1) is 0 Å². The number of rotatable bonds is 3. The summed E-state index contributed by atoms with van der Waals surface area (Å²) in [4.78, 5) is 11.2. The fraction of sp³-hybridized carbons (Fsp3) is 0.417. The standard InChI is InChI=1S/C12H14Cl2N2O3S/c13-9-2-1-3-10(12(9)14)20(18,19)16-8-4-5-11(17)15-7-6-8/h1-3,8,16H,4-7H2,(H,15,17). The Morgan fingerprint density at radius 1 is 1.25 bits per heavy atom. The summed E-state index contributed by atoms with van der Waals surface area (Å²) >= 11 is 11.8. The molecule has 1 aromatic carbocycles. The molecule has 0 radical (unpaired) electrons. The summed E-state index contributed by atoms with van der Waals surface area (Å²) in [5, 5.41) is 2.89. The summed E-state index contributed by atoms with van der Waals surface area (Å²) in [7, 11) is -3.75. The number of sulfonamides is 1. The third kappa shape index (κ3) is 3.63. The summed E-state index contributed by atoms with van der Waals surface area (Å²) in [6, 6.07) is 4.16. The maximum Gasteiger partial charge on any atom is 0.242 e. The number of halogens is 2. The number of nitrogens with one attached hydrogen (secondary N) is 2. The molecule has 1 unspecified atom stereocenters. The van der Waals surface area contributed by atoms with E-state index in [1.807, 2.05) is 0 Å². The van der Waals surface area contributed by atoms with Crippen LogP contribution in [0.3, 0.4) is 0 Å². The SMILES string of the molecule is O=C1CCC(NS(=O)(=O)c2cccc(Cl)c2Cl)CCN1. The summed E-state index contributed by atoms with van der Waals surface area (Å²) in [5.74, 6) is -0.0625. The molecule has 0 saturated carbocycles. The van der Waals surface area contributed by atoms with E-state index in [9.17, 15) is 13.2 Å². The van der Waals surface area contributed by atoms with Gasteiger partial charge >= 0.3 is 0 Å². The van der Waals surface area contributed by atoms with Crippen LogP contribution in [0.25, 0.3) is 0 Å². The average molecular weight is 337 g/mol. The molecule has 1 fully saturated rings. The maximum atomic E-state index is 12.3. The van der Waals surface area contributed by atoms with Gasteiger partial charge < -0.3 is 5.32 Å². The zero-order valence-electron chi connectivity index (χ0n) is 10.5. The molecule has 1 saturated heterocycles. The van der Waals surface area contributed by atoms with Crippen LogP contribution in [0.1, 0.15) is 19.3 Å². The molecule has 0 aliphatic carbocycles. The molecule has 1 amide bonds. The predicted molar refractivity (Wildman–Crippen MR) is 77.4 cm³/mol. The van der Waals surface area contributed by atoms with Gasteiger partial charge in [-0.2, -0.15) is 0 Å². The first-order valence-corrected chi connectivity index (χ1v) is 8.37. The van der Waals surface area contributed by atoms with E-state index in [4.69, 9.17) is 23.2 Å². The van der Waals surface area contributed by atoms with Crippen molar-refractivity contribution >= 4 is 39.1 Å². The second-order valence-electron chi connectivity index (χ2n) is 4.55. The van der Waals surface area contributed by atoms with E-state index in [2.05, 4.69) is 10.0 Å². The highest BCUT2D eigenvalue weighted by atomic mass is 35.5. The number of amides is 1. The van der Waals surface area contributed by atoms with Crippen molar-refractivity contribution in [3.63, 3.8) is 0 Å². The topological polar surface area (TPSA) is 75.3 Å². The van der Waals surface area contributed by atoms with Crippen molar-refractivity contribution in [1.29, 1.82) is 0 Å². The number of carbonyl (C=O) groups excluding carboxylic acids is 1. The molecule has 8 heteroatoms. The second-order valence-corrected chi connectivity index (χ2v) is 7.02. The summed E-state index contributed by atoms with van der Waals surface area (Å²) in [6.45, 7) is 0.454. The van der Waals surface area contributed by atoms with Crippen LogP contribution in [0.4, 0.5) is 0 Å². The van der Waals surface area contributed by atoms with Gasteiger partial charge in [0.25, 0.3) is 0 Å². The Balaban J connectivity index is 2.18. The van der Waals surface area contributed by atoms with Crippen molar-refractivity contribution in [3.8, 4) is 0 Å². The van der Waals surface area contributed by atoms with Gasteiger partial charge in [0.15, 0.2) is 0 Å². The Bertz CT molecular complexity index is 619. The van der Waals surface area contributed by atoms with E-state index in [1.165, 1.54) is 18.2 Å². The molecular weight excluding hydrogens is 323 g/mol. The lowest BCUT2D eigenvalue weighted by molar-refractivity contribution is -0.120. The molecule has 1 aliphatic heterocycles. The molecule has 0 bridgehead atoms. The lowest BCUT2D eigenvalue weighted by atomic mass is 10.1. The summed E-state index contributed by atoms with van der Waals surface area (Å²) < 4.78 is 27.2. The van der Waals surface area contributed by atoms with Crippen molar-refractivity contribution in [2.24, 2.45) is 0 Å². The van der Waals surface area contributed by atoms with Crippen LogP contribution in [0, 0.1) is 0 Å². The number of hydrogen-bond donors (Lipinski definition) is 2. The molecule has 2 rings (SSSR count). The van der Waals surface area contributed by atoms with Gasteiger partial charge in [0, 0.05) is 19.0 Å². The van der Waals surface area contributed by atoms with Crippen LogP contribution in [-0.4, -0.2) is 26.9 Å². The van der Waals surface area contributed by atoms with Crippen molar-refractivity contribution in [3.05, 3.63) is 28.2 Å². The predicted octanol–water partition coefficient (Wildman–Crippen LogP) is 1.94. The minimum atomic E-state index is -3.75. The van der Waals surface area contributed by atoms with E-state index in [1.54, 1.807) is 0 Å². The van der Waals surface area contributed by atoms with Crippen molar-refractivity contribution < 1.29 is 13.2 Å². The maximum absolute atomic E-state index is 12.3. The number of benzene rings is 1. The van der Waals surface area contributed by atoms with Crippen LogP contribution in [0.15, 0.2) is 23.1 Å². The first kappa shape index (κ1) is 15.6. The molecule has 0 spiro atoms. The molecule has 2 N–H and O–H groups in total. The van der Waals surface area contributed by atoms with E-state index in [-0.39, 0.29) is 26.9 Å². The highest BCUT2D eigenvalue weighted by Crippen LogP contribution is 2.29. The largest absolute Gasteiger partial charge is 0.356 e. The van der Waals surface area contributed by atoms with E-state index in [0.717, 1.165) is 0 Å². The van der Waals surface area contributed by atoms with E-state index < -0.39 is 10.0 Å². The van der Waals surface area contributed by atoms with Crippen molar-refractivity contribution in [1.82, 2.24) is 10.0 Å². The molecular formula is C12H14Cl2N2O3S. The van der Waals surface area contributed by atoms with Crippen LogP contribution in [0.5, 0.6) is 0 Å². The molecule has 1 heterocycles. The van der Waals surface area contributed by atoms with Gasteiger partial charge in [0.2, 0.25) is 15.9 Å². The van der Waals surface area contributed by atoms with Gasteiger partial charge in [-0.3, -0.25) is 4.79 Å². The third-order valence-electron chi connectivity index (χ3n) is 3.06. The van der Waals surface area contributed by atoms with Gasteiger partial charge in [0.1, 0.15) is 4.90 Å². The monoisotopic (exact) mass is 336 g/mol. The Kier molecular flexibility index (Phi) is 4.90. The van der Waals surface area contributed by atoms with Crippen LogP contribution >= 0.6 is 23.2 Å². The Hall–Kier alpha value is -0.820. The lowest BCUT2D eigenvalue weighted by Crippen LogP contribution is -2.35. The van der Waals surface area contributed by atoms with Crippen LogP contribution in [-0.2, 0) is 14.8 Å². The highest BCUT2D eigenvalue weighted by Gasteiger charge is 2.25. The number of hydrogen-bond acceptors (Lipinski definition) is 3. The van der Waals surface area contributed by atoms with Crippen molar-refractivity contribution in [2.45, 2.75) is 30.2 Å². The Morgan fingerprint density at radius 2 is 2.00 bits per heavy atom. The highest BCUT2D eigenvalue weighted by molar-refractivity contribution is 7.89. The normalized spacial score (nSPS) is 20.3. The molecule has 20 heavy (non-hydrogen) atoms. The van der Waals surface area contributed by atoms with Gasteiger partial charge in [0.05, 0.1) is 10.0 Å². The molecule has 1 atom stereocenters. The Morgan fingerprint density at radius 3 is 2.75 bits per heavy atom. The fourth-order valence-electron chi connectivity index (χ4n) is 2.02. The van der Waals surface area contributed by atoms with Gasteiger partial charge in [-0.25, -0.2) is 13.1 Å². The summed E-state index contributed by atoms with van der Waals surface area (Å²) in [5.41, 5.74) is 0. The first-order valence-electron chi connectivity index (χ1n) is 6.13. The Labute approximate surface area is 127 Å². The molecule has 1 aliphatic rings. The van der Waals surface area contributed by atoms with E-state index in [0.29, 0.717) is 25.8 Å². The quantitative estimate of drug-likeness (QED) is 0.885. The van der Waals surface area contributed by atoms with Crippen molar-refractivity contribution in [2.75, 3.05) is 6.54 Å². The zero-order chi connectivity index (χ0) is 14.8. The van der Waals surface area contributed by atoms with Gasteiger partial charge in [-0.05, 0) is 25.0 Å². The first-order chi connectivity index (χ1) is 9.40. The van der Waals surface area contributed by atoms with Crippen LogP contribution in [0.2, 0.25) is 10.0 Å². The average Bonchev–Trinajstić information content (AvgIpc) is 2.57. The zero-order valence-corrected chi connectivity index (χ0v) is 12.9. The fourth-order valence-corrected chi connectivity index (χ4v) is 4.08. The van der Waals surface area contributed by atoms with Gasteiger partial charge in [-0.1, -0.05) is 29.3 Å². The molecule has 5 nitrogen and oxygen atoms in total. The summed E-state index contributed by atoms with van der Waals surface area (Å²) in [6.07, 6.45) is 1.31. The molecule has 0 aromatic heterocycles. The lowest BCUT2D eigenvalue weighted by Gasteiger charge is -2.16. The minimum Gasteiger partial charge on any atom is -0.356 e. The minimum absolute atomic E-state index is 0.00416.